The lowest BCUT2D eigenvalue weighted by Gasteiger charge is -2.25. The van der Waals surface area contributed by atoms with Crippen molar-refractivity contribution in [2.75, 3.05) is 6.54 Å². The van der Waals surface area contributed by atoms with Crippen molar-refractivity contribution in [2.45, 2.75) is 38.5 Å². The molecule has 3 N–H and O–H groups in total. The smallest absolute Gasteiger partial charge is 0.251 e. The Hall–Kier alpha value is -4.75. The number of nitrogens with zero attached hydrogens (tertiary/aromatic N) is 2. The van der Waals surface area contributed by atoms with Crippen LogP contribution in [-0.4, -0.2) is 34.7 Å². The Kier molecular flexibility index (Phi) is 10.4. The fourth-order valence-corrected chi connectivity index (χ4v) is 5.79. The van der Waals surface area contributed by atoms with Crippen molar-refractivity contribution in [2.24, 2.45) is 0 Å². The average Bonchev–Trinajstić information content (AvgIpc) is 3.59. The van der Waals surface area contributed by atoms with E-state index in [1.807, 2.05) is 29.6 Å². The SMILES string of the molecule is CCc1cccc(CNC[C@@H](O)[C@H](Cc2cc(F)cc(F)c2)NC(=O)c2cc(-c3cccc(C#N)c3)cc(-c3nccs3)c2)c1. The Morgan fingerprint density at radius 2 is 1.69 bits per heavy atom. The fraction of sp³-hybridized carbons (Fsp3) is 0.194. The highest BCUT2D eigenvalue weighted by Crippen LogP contribution is 2.30. The molecule has 0 spiro atoms. The molecule has 5 rings (SSSR count). The normalized spacial score (nSPS) is 12.3. The first-order valence-electron chi connectivity index (χ1n) is 14.6. The molecule has 0 aliphatic carbocycles. The van der Waals surface area contributed by atoms with Gasteiger partial charge in [0, 0.05) is 41.9 Å². The largest absolute Gasteiger partial charge is 0.390 e. The molecule has 0 saturated carbocycles. The summed E-state index contributed by atoms with van der Waals surface area (Å²) in [6.07, 6.45) is 1.50. The van der Waals surface area contributed by atoms with Crippen LogP contribution in [0, 0.1) is 23.0 Å². The molecule has 6 nitrogen and oxygen atoms in total. The van der Waals surface area contributed by atoms with Gasteiger partial charge in [-0.3, -0.25) is 4.79 Å². The van der Waals surface area contributed by atoms with Crippen LogP contribution < -0.4 is 10.6 Å². The van der Waals surface area contributed by atoms with Crippen molar-refractivity contribution < 1.29 is 18.7 Å². The molecule has 0 saturated heterocycles. The van der Waals surface area contributed by atoms with Crippen LogP contribution >= 0.6 is 11.3 Å². The lowest BCUT2D eigenvalue weighted by Crippen LogP contribution is -2.48. The molecule has 1 amide bonds. The van der Waals surface area contributed by atoms with Crippen LogP contribution in [0.5, 0.6) is 0 Å². The molecule has 228 valence electrons. The molecule has 9 heteroatoms. The molecular weight excluding hydrogens is 590 g/mol. The average molecular weight is 623 g/mol. The van der Waals surface area contributed by atoms with Gasteiger partial charge in [0.2, 0.25) is 0 Å². The van der Waals surface area contributed by atoms with Gasteiger partial charge in [0.15, 0.2) is 0 Å². The summed E-state index contributed by atoms with van der Waals surface area (Å²) in [7, 11) is 0. The summed E-state index contributed by atoms with van der Waals surface area (Å²) < 4.78 is 28.1. The van der Waals surface area contributed by atoms with Crippen LogP contribution in [0.4, 0.5) is 8.78 Å². The highest BCUT2D eigenvalue weighted by molar-refractivity contribution is 7.13. The minimum Gasteiger partial charge on any atom is -0.390 e. The monoisotopic (exact) mass is 622 g/mol. The molecule has 0 aliphatic heterocycles. The molecule has 1 aromatic heterocycles. The van der Waals surface area contributed by atoms with Crippen molar-refractivity contribution in [3.05, 3.63) is 136 Å². The van der Waals surface area contributed by atoms with Crippen molar-refractivity contribution in [1.82, 2.24) is 15.6 Å². The predicted molar refractivity (Wildman–Crippen MR) is 173 cm³/mol. The minimum absolute atomic E-state index is 0.00215. The molecule has 0 fully saturated rings. The second kappa shape index (κ2) is 14.8. The Morgan fingerprint density at radius 3 is 2.42 bits per heavy atom. The highest BCUT2D eigenvalue weighted by Gasteiger charge is 2.24. The zero-order chi connectivity index (χ0) is 31.8. The zero-order valence-corrected chi connectivity index (χ0v) is 25.5. The van der Waals surface area contributed by atoms with Crippen molar-refractivity contribution in [3.63, 3.8) is 0 Å². The van der Waals surface area contributed by atoms with E-state index < -0.39 is 29.7 Å². The number of aliphatic hydroxyl groups is 1. The number of carbonyl (C=O) groups excluding carboxylic acids is 1. The number of thiazole rings is 1. The first-order chi connectivity index (χ1) is 21.8. The Balaban J connectivity index is 1.42. The quantitative estimate of drug-likeness (QED) is 0.144. The van der Waals surface area contributed by atoms with Crippen molar-refractivity contribution in [3.8, 4) is 27.8 Å². The van der Waals surface area contributed by atoms with E-state index in [1.54, 1.807) is 36.5 Å². The van der Waals surface area contributed by atoms with E-state index in [-0.39, 0.29) is 13.0 Å². The van der Waals surface area contributed by atoms with E-state index in [2.05, 4.69) is 40.7 Å². The summed E-state index contributed by atoms with van der Waals surface area (Å²) in [5, 5.41) is 29.4. The van der Waals surface area contributed by atoms with Crippen LogP contribution in [0.2, 0.25) is 0 Å². The Labute approximate surface area is 265 Å². The minimum atomic E-state index is -1.08. The number of rotatable bonds is 12. The molecule has 0 unspecified atom stereocenters. The topological polar surface area (TPSA) is 98.0 Å². The number of halogens is 2. The molecule has 1 heterocycles. The van der Waals surface area contributed by atoms with Gasteiger partial charge < -0.3 is 15.7 Å². The summed E-state index contributed by atoms with van der Waals surface area (Å²) in [5.41, 5.74) is 5.54. The van der Waals surface area contributed by atoms with Gasteiger partial charge in [-0.1, -0.05) is 43.3 Å². The second-order valence-corrected chi connectivity index (χ2v) is 11.7. The molecule has 0 bridgehead atoms. The molecule has 0 radical (unpaired) electrons. The van der Waals surface area contributed by atoms with Gasteiger partial charge in [0.25, 0.3) is 5.91 Å². The van der Waals surface area contributed by atoms with Crippen molar-refractivity contribution in [1.29, 1.82) is 5.26 Å². The lowest BCUT2D eigenvalue weighted by molar-refractivity contribution is 0.0830. The van der Waals surface area contributed by atoms with Gasteiger partial charge in [-0.2, -0.15) is 5.26 Å². The third-order valence-electron chi connectivity index (χ3n) is 7.44. The molecule has 2 atom stereocenters. The van der Waals surface area contributed by atoms with Gasteiger partial charge in [-0.25, -0.2) is 13.8 Å². The van der Waals surface area contributed by atoms with Gasteiger partial charge >= 0.3 is 0 Å². The van der Waals surface area contributed by atoms with Crippen LogP contribution in [0.15, 0.2) is 96.5 Å². The highest BCUT2D eigenvalue weighted by atomic mass is 32.1. The summed E-state index contributed by atoms with van der Waals surface area (Å²) in [5.74, 6) is -1.94. The number of hydrogen-bond donors (Lipinski definition) is 3. The maximum absolute atomic E-state index is 14.1. The maximum atomic E-state index is 14.1. The number of benzene rings is 4. The molecule has 5 aromatic rings. The number of aliphatic hydroxyl groups excluding tert-OH is 1. The van der Waals surface area contributed by atoms with Gasteiger partial charge in [-0.15, -0.1) is 11.3 Å². The zero-order valence-electron chi connectivity index (χ0n) is 24.6. The number of aryl methyl sites for hydroxylation is 1. The number of nitrogens with one attached hydrogen (secondary N) is 2. The van der Waals surface area contributed by atoms with Gasteiger partial charge in [-0.05, 0) is 83.1 Å². The van der Waals surface area contributed by atoms with E-state index in [0.717, 1.165) is 29.2 Å². The first kappa shape index (κ1) is 31.7. The second-order valence-electron chi connectivity index (χ2n) is 10.8. The third kappa shape index (κ3) is 8.46. The van der Waals surface area contributed by atoms with Crippen LogP contribution in [0.25, 0.3) is 21.7 Å². The van der Waals surface area contributed by atoms with E-state index in [1.165, 1.54) is 29.0 Å². The van der Waals surface area contributed by atoms with Gasteiger partial charge in [0.05, 0.1) is 23.8 Å². The summed E-state index contributed by atoms with van der Waals surface area (Å²) in [4.78, 5) is 18.2. The van der Waals surface area contributed by atoms with E-state index in [4.69, 9.17) is 0 Å². The molecule has 0 aliphatic rings. The van der Waals surface area contributed by atoms with Crippen LogP contribution in [0.3, 0.4) is 0 Å². The van der Waals surface area contributed by atoms with Crippen LogP contribution in [0.1, 0.15) is 39.5 Å². The van der Waals surface area contributed by atoms with E-state index >= 15 is 0 Å². The number of hydrogen-bond acceptors (Lipinski definition) is 6. The van der Waals surface area contributed by atoms with E-state index in [9.17, 15) is 23.9 Å². The van der Waals surface area contributed by atoms with Crippen molar-refractivity contribution >= 4 is 17.2 Å². The number of nitriles is 1. The standard InChI is InChI=1S/C36H32F2N4O2S/c1-2-23-5-3-7-25(11-23)21-40-22-34(43)33(15-26-13-31(37)19-32(38)14-26)42-35(44)29-16-28(27-8-4-6-24(12-27)20-39)17-30(18-29)36-41-9-10-45-36/h3-14,16-19,33-34,40,43H,2,15,21-22H2,1H3,(H,42,44)/t33-,34+/m0/s1. The number of aromatic nitrogens is 1. The van der Waals surface area contributed by atoms with Crippen LogP contribution in [-0.2, 0) is 19.4 Å². The Bertz CT molecular complexity index is 1800. The predicted octanol–water partition coefficient (Wildman–Crippen LogP) is 6.68. The molecular formula is C36H32F2N4O2S. The number of amides is 1. The summed E-state index contributed by atoms with van der Waals surface area (Å²) >= 11 is 1.43. The maximum Gasteiger partial charge on any atom is 0.251 e. The third-order valence-corrected chi connectivity index (χ3v) is 8.26. The molecule has 4 aromatic carbocycles. The first-order valence-corrected chi connectivity index (χ1v) is 15.5. The summed E-state index contributed by atoms with van der Waals surface area (Å²) in [6, 6.07) is 25.0. The number of carbonyl (C=O) groups is 1. The van der Waals surface area contributed by atoms with Gasteiger partial charge in [0.1, 0.15) is 16.6 Å². The fourth-order valence-electron chi connectivity index (χ4n) is 5.17. The molecule has 45 heavy (non-hydrogen) atoms. The lowest BCUT2D eigenvalue weighted by atomic mass is 9.97. The summed E-state index contributed by atoms with van der Waals surface area (Å²) in [6.45, 7) is 2.71. The van der Waals surface area contributed by atoms with E-state index in [0.29, 0.717) is 33.8 Å². The Morgan fingerprint density at radius 1 is 0.933 bits per heavy atom.